The smallest absolute Gasteiger partial charge is 0.188 e. The second-order valence-electron chi connectivity index (χ2n) is 4.50. The molecule has 18 heavy (non-hydrogen) atoms. The van der Waals surface area contributed by atoms with Gasteiger partial charge in [0, 0.05) is 32.7 Å². The third-order valence-electron chi connectivity index (χ3n) is 3.28. The molecule has 0 unspecified atom stereocenters. The van der Waals surface area contributed by atoms with E-state index in [1.807, 2.05) is 17.0 Å². The molecule has 0 bridgehead atoms. The van der Waals surface area contributed by atoms with E-state index in [-0.39, 0.29) is 5.96 Å². The molecule has 0 aliphatic carbocycles. The monoisotopic (exact) mass is 248 g/mol. The van der Waals surface area contributed by atoms with Crippen LogP contribution in [0, 0.1) is 5.41 Å². The van der Waals surface area contributed by atoms with Crippen molar-refractivity contribution < 1.29 is 4.74 Å². The van der Waals surface area contributed by atoms with Gasteiger partial charge in [-0.3, -0.25) is 10.3 Å². The normalized spacial score (nSPS) is 16.6. The van der Waals surface area contributed by atoms with Crippen LogP contribution in [0.15, 0.2) is 24.3 Å². The lowest BCUT2D eigenvalue weighted by molar-refractivity contribution is 0.174. The average Bonchev–Trinajstić information content (AvgIpc) is 2.40. The zero-order chi connectivity index (χ0) is 13.0. The van der Waals surface area contributed by atoms with Crippen molar-refractivity contribution >= 4 is 5.96 Å². The van der Waals surface area contributed by atoms with E-state index >= 15 is 0 Å². The number of nitrogens with zero attached hydrogens (tertiary/aromatic N) is 2. The molecular weight excluding hydrogens is 228 g/mol. The van der Waals surface area contributed by atoms with Gasteiger partial charge in [-0.2, -0.15) is 0 Å². The van der Waals surface area contributed by atoms with Gasteiger partial charge in [0.15, 0.2) is 5.96 Å². The van der Waals surface area contributed by atoms with E-state index in [0.29, 0.717) is 0 Å². The molecule has 1 aliphatic rings. The summed E-state index contributed by atoms with van der Waals surface area (Å²) in [6, 6.07) is 8.16. The molecule has 0 atom stereocenters. The molecule has 1 aromatic carbocycles. The van der Waals surface area contributed by atoms with Gasteiger partial charge >= 0.3 is 0 Å². The summed E-state index contributed by atoms with van der Waals surface area (Å²) in [7, 11) is 1.68. The number of piperazine rings is 1. The first-order valence-corrected chi connectivity index (χ1v) is 6.13. The van der Waals surface area contributed by atoms with Gasteiger partial charge < -0.3 is 15.4 Å². The standard InChI is InChI=1S/C13H20N4O/c1-18-12-4-2-11(3-5-12)10-16-6-8-17(9-7-16)13(14)15/h2-5H,6-10H2,1H3,(H3,14,15). The molecule has 5 nitrogen and oxygen atoms in total. The van der Waals surface area contributed by atoms with Gasteiger partial charge in [0.05, 0.1) is 7.11 Å². The van der Waals surface area contributed by atoms with Crippen molar-refractivity contribution in [1.29, 1.82) is 5.41 Å². The SMILES string of the molecule is COc1ccc(CN2CCN(C(=N)N)CC2)cc1. The summed E-state index contributed by atoms with van der Waals surface area (Å²) in [6.45, 7) is 4.52. The van der Waals surface area contributed by atoms with Gasteiger partial charge in [-0.15, -0.1) is 0 Å². The molecule has 0 saturated carbocycles. The van der Waals surface area contributed by atoms with E-state index in [9.17, 15) is 0 Å². The number of hydrogen-bond donors (Lipinski definition) is 2. The van der Waals surface area contributed by atoms with Crippen molar-refractivity contribution in [3.63, 3.8) is 0 Å². The molecule has 1 aromatic rings. The number of nitrogens with one attached hydrogen (secondary N) is 1. The zero-order valence-electron chi connectivity index (χ0n) is 10.7. The third-order valence-corrected chi connectivity index (χ3v) is 3.28. The molecule has 1 heterocycles. The van der Waals surface area contributed by atoms with E-state index in [4.69, 9.17) is 15.9 Å². The lowest BCUT2D eigenvalue weighted by atomic mass is 10.2. The Morgan fingerprint density at radius 2 is 1.83 bits per heavy atom. The second kappa shape index (κ2) is 5.73. The highest BCUT2D eigenvalue weighted by molar-refractivity contribution is 5.74. The van der Waals surface area contributed by atoms with E-state index in [1.54, 1.807) is 7.11 Å². The van der Waals surface area contributed by atoms with Crippen LogP contribution in [-0.4, -0.2) is 49.0 Å². The Balaban J connectivity index is 1.85. The van der Waals surface area contributed by atoms with Crippen LogP contribution in [0.1, 0.15) is 5.56 Å². The second-order valence-corrected chi connectivity index (χ2v) is 4.50. The molecular formula is C13H20N4O. The number of rotatable bonds is 3. The topological polar surface area (TPSA) is 65.6 Å². The Labute approximate surface area is 108 Å². The van der Waals surface area contributed by atoms with Gasteiger partial charge in [0.2, 0.25) is 0 Å². The zero-order valence-corrected chi connectivity index (χ0v) is 10.7. The highest BCUT2D eigenvalue weighted by Gasteiger charge is 2.17. The lowest BCUT2D eigenvalue weighted by Crippen LogP contribution is -2.50. The molecule has 2 rings (SSSR count). The number of nitrogens with two attached hydrogens (primary N) is 1. The lowest BCUT2D eigenvalue weighted by Gasteiger charge is -2.34. The minimum Gasteiger partial charge on any atom is -0.497 e. The van der Waals surface area contributed by atoms with Gasteiger partial charge in [0.25, 0.3) is 0 Å². The van der Waals surface area contributed by atoms with Crippen LogP contribution in [0.2, 0.25) is 0 Å². The summed E-state index contributed by atoms with van der Waals surface area (Å²) in [5.41, 5.74) is 6.76. The van der Waals surface area contributed by atoms with Gasteiger partial charge in [-0.25, -0.2) is 0 Å². The van der Waals surface area contributed by atoms with Crippen molar-refractivity contribution in [2.75, 3.05) is 33.3 Å². The van der Waals surface area contributed by atoms with Crippen LogP contribution < -0.4 is 10.5 Å². The molecule has 1 fully saturated rings. The van der Waals surface area contributed by atoms with Crippen LogP contribution in [0.4, 0.5) is 0 Å². The maximum atomic E-state index is 7.39. The average molecular weight is 248 g/mol. The van der Waals surface area contributed by atoms with Gasteiger partial charge in [-0.1, -0.05) is 12.1 Å². The first-order chi connectivity index (χ1) is 8.69. The Hall–Kier alpha value is -1.75. The fourth-order valence-electron chi connectivity index (χ4n) is 2.14. The molecule has 0 aromatic heterocycles. The fourth-order valence-corrected chi connectivity index (χ4v) is 2.14. The summed E-state index contributed by atoms with van der Waals surface area (Å²) in [6.07, 6.45) is 0. The first-order valence-electron chi connectivity index (χ1n) is 6.13. The Morgan fingerprint density at radius 1 is 1.22 bits per heavy atom. The fraction of sp³-hybridized carbons (Fsp3) is 0.462. The highest BCUT2D eigenvalue weighted by Crippen LogP contribution is 2.13. The van der Waals surface area contributed by atoms with Gasteiger partial charge in [0.1, 0.15) is 5.75 Å². The molecule has 0 amide bonds. The Morgan fingerprint density at radius 3 is 2.33 bits per heavy atom. The van der Waals surface area contributed by atoms with Crippen molar-refractivity contribution in [3.05, 3.63) is 29.8 Å². The van der Waals surface area contributed by atoms with E-state index in [1.165, 1.54) is 5.56 Å². The van der Waals surface area contributed by atoms with Crippen molar-refractivity contribution in [3.8, 4) is 5.75 Å². The summed E-state index contributed by atoms with van der Waals surface area (Å²) in [4.78, 5) is 4.28. The van der Waals surface area contributed by atoms with Crippen LogP contribution >= 0.6 is 0 Å². The maximum Gasteiger partial charge on any atom is 0.188 e. The number of guanidine groups is 1. The molecule has 0 spiro atoms. The van der Waals surface area contributed by atoms with Crippen LogP contribution in [0.5, 0.6) is 5.75 Å². The quantitative estimate of drug-likeness (QED) is 0.610. The number of benzene rings is 1. The van der Waals surface area contributed by atoms with Crippen molar-refractivity contribution in [2.24, 2.45) is 5.73 Å². The summed E-state index contributed by atoms with van der Waals surface area (Å²) < 4.78 is 5.14. The van der Waals surface area contributed by atoms with Gasteiger partial charge in [-0.05, 0) is 17.7 Å². The summed E-state index contributed by atoms with van der Waals surface area (Å²) >= 11 is 0. The molecule has 1 saturated heterocycles. The van der Waals surface area contributed by atoms with E-state index in [2.05, 4.69) is 17.0 Å². The molecule has 3 N–H and O–H groups in total. The predicted octanol–water partition coefficient (Wildman–Crippen LogP) is 0.706. The number of methoxy groups -OCH3 is 1. The minimum absolute atomic E-state index is 0.180. The highest BCUT2D eigenvalue weighted by atomic mass is 16.5. The van der Waals surface area contributed by atoms with Crippen LogP contribution in [0.3, 0.4) is 0 Å². The first kappa shape index (κ1) is 12.7. The molecule has 1 aliphatic heterocycles. The Kier molecular flexibility index (Phi) is 4.04. The third kappa shape index (κ3) is 3.13. The largest absolute Gasteiger partial charge is 0.497 e. The van der Waals surface area contributed by atoms with Crippen LogP contribution in [0.25, 0.3) is 0 Å². The molecule has 98 valence electrons. The summed E-state index contributed by atoms with van der Waals surface area (Å²) in [5, 5.41) is 7.39. The van der Waals surface area contributed by atoms with E-state index < -0.39 is 0 Å². The minimum atomic E-state index is 0.180. The van der Waals surface area contributed by atoms with Crippen molar-refractivity contribution in [1.82, 2.24) is 9.80 Å². The molecule has 0 radical (unpaired) electrons. The maximum absolute atomic E-state index is 7.39. The molecule has 5 heteroatoms. The van der Waals surface area contributed by atoms with Crippen LogP contribution in [-0.2, 0) is 6.54 Å². The number of hydrogen-bond acceptors (Lipinski definition) is 3. The number of ether oxygens (including phenoxy) is 1. The Bertz CT molecular complexity index is 396. The van der Waals surface area contributed by atoms with E-state index in [0.717, 1.165) is 38.5 Å². The predicted molar refractivity (Wildman–Crippen MR) is 71.8 cm³/mol. The summed E-state index contributed by atoms with van der Waals surface area (Å²) in [5.74, 6) is 1.07. The van der Waals surface area contributed by atoms with Crippen molar-refractivity contribution in [2.45, 2.75) is 6.54 Å².